The number of allylic oxidation sites excluding steroid dienone is 1. The van der Waals surface area contributed by atoms with Crippen LogP contribution in [0.25, 0.3) is 0 Å². The number of halogens is 1. The van der Waals surface area contributed by atoms with Crippen molar-refractivity contribution in [2.75, 3.05) is 20.8 Å². The van der Waals surface area contributed by atoms with Crippen molar-refractivity contribution < 1.29 is 28.2 Å². The van der Waals surface area contributed by atoms with E-state index in [0.717, 1.165) is 5.56 Å². The number of amidine groups is 1. The molecule has 2 heterocycles. The predicted octanol–water partition coefficient (Wildman–Crippen LogP) is 4.85. The number of rotatable bonds is 10. The number of nitrogens with zero attached hydrogens (tertiary/aromatic N) is 2. The summed E-state index contributed by atoms with van der Waals surface area (Å²) in [6.45, 7) is 5.67. The van der Waals surface area contributed by atoms with Gasteiger partial charge in [-0.05, 0) is 36.1 Å². The molecule has 198 valence electrons. The molecule has 0 bridgehead atoms. The van der Waals surface area contributed by atoms with Gasteiger partial charge in [-0.25, -0.2) is 14.2 Å². The average molecular weight is 538 g/mol. The number of hydrogen-bond acceptors (Lipinski definition) is 8. The molecule has 1 amide bonds. The van der Waals surface area contributed by atoms with Gasteiger partial charge in [0.2, 0.25) is 5.91 Å². The maximum atomic E-state index is 13.3. The Morgan fingerprint density at radius 1 is 1.18 bits per heavy atom. The van der Waals surface area contributed by atoms with E-state index in [1.807, 2.05) is 22.4 Å². The molecule has 0 saturated carbocycles. The van der Waals surface area contributed by atoms with Gasteiger partial charge in [-0.15, -0.1) is 0 Å². The molecule has 0 aliphatic carbocycles. The van der Waals surface area contributed by atoms with Crippen LogP contribution in [0.3, 0.4) is 0 Å². The number of methoxy groups -OCH3 is 2. The molecule has 0 spiro atoms. The average Bonchev–Trinajstić information content (AvgIpc) is 3.31. The molecule has 1 N–H and O–H groups in total. The van der Waals surface area contributed by atoms with Gasteiger partial charge in [-0.1, -0.05) is 48.7 Å². The molecule has 2 aromatic rings. The quantitative estimate of drug-likeness (QED) is 0.342. The van der Waals surface area contributed by atoms with Crippen LogP contribution < -0.4 is 14.8 Å². The summed E-state index contributed by atoms with van der Waals surface area (Å²) < 4.78 is 29.9. The first-order chi connectivity index (χ1) is 18.4. The van der Waals surface area contributed by atoms with Gasteiger partial charge in [-0.3, -0.25) is 4.79 Å². The molecule has 10 heteroatoms. The van der Waals surface area contributed by atoms with Crippen LogP contribution in [0.15, 0.2) is 82.5 Å². The summed E-state index contributed by atoms with van der Waals surface area (Å²) in [6.07, 6.45) is 1.53. The summed E-state index contributed by atoms with van der Waals surface area (Å²) in [5.74, 6) is -0.159. The fourth-order valence-corrected chi connectivity index (χ4v) is 5.26. The zero-order valence-corrected chi connectivity index (χ0v) is 22.1. The Morgan fingerprint density at radius 3 is 2.63 bits per heavy atom. The van der Waals surface area contributed by atoms with Crippen molar-refractivity contribution in [1.29, 1.82) is 0 Å². The van der Waals surface area contributed by atoms with E-state index in [0.29, 0.717) is 39.2 Å². The van der Waals surface area contributed by atoms with Crippen molar-refractivity contribution in [2.24, 2.45) is 4.99 Å². The highest BCUT2D eigenvalue weighted by Crippen LogP contribution is 2.48. The molecular weight excluding hydrogens is 509 g/mol. The number of para-hydroxylation sites is 1. The van der Waals surface area contributed by atoms with E-state index in [1.165, 1.54) is 44.2 Å². The highest BCUT2D eigenvalue weighted by molar-refractivity contribution is 8.16. The monoisotopic (exact) mass is 537 g/mol. The van der Waals surface area contributed by atoms with Crippen LogP contribution in [-0.2, 0) is 20.9 Å². The molecule has 8 nitrogen and oxygen atoms in total. The third kappa shape index (κ3) is 5.60. The van der Waals surface area contributed by atoms with Gasteiger partial charge >= 0.3 is 5.97 Å². The van der Waals surface area contributed by atoms with Crippen molar-refractivity contribution in [3.05, 3.63) is 94.4 Å². The molecule has 2 aromatic carbocycles. The summed E-state index contributed by atoms with van der Waals surface area (Å²) >= 11 is 1.37. The van der Waals surface area contributed by atoms with E-state index in [2.05, 4.69) is 16.9 Å². The highest BCUT2D eigenvalue weighted by Gasteiger charge is 2.42. The van der Waals surface area contributed by atoms with Gasteiger partial charge in [0, 0.05) is 17.8 Å². The number of benzene rings is 2. The minimum atomic E-state index is -0.684. The number of hydrogen-bond donors (Lipinski definition) is 1. The summed E-state index contributed by atoms with van der Waals surface area (Å²) in [5, 5.41) is 5.34. The summed E-state index contributed by atoms with van der Waals surface area (Å²) in [6, 6.07) is 10.7. The number of fused-ring (bicyclic) bond motifs is 1. The van der Waals surface area contributed by atoms with E-state index in [4.69, 9.17) is 14.2 Å². The zero-order chi connectivity index (χ0) is 27.2. The number of thioether (sulfide) groups is 1. The number of amides is 1. The van der Waals surface area contributed by atoms with E-state index in [-0.39, 0.29) is 31.3 Å². The molecule has 2 aliphatic heterocycles. The fraction of sp³-hybridized carbons (Fsp3) is 0.250. The lowest BCUT2D eigenvalue weighted by Crippen LogP contribution is -2.38. The van der Waals surface area contributed by atoms with Crippen molar-refractivity contribution in [2.45, 2.75) is 25.9 Å². The van der Waals surface area contributed by atoms with Crippen molar-refractivity contribution in [1.82, 2.24) is 10.2 Å². The first-order valence-electron chi connectivity index (χ1n) is 11.8. The number of aliphatic imine (C=N–C) groups is 1. The lowest BCUT2D eigenvalue weighted by atomic mass is 9.92. The number of nitrogens with one attached hydrogen (secondary N) is 1. The first-order valence-corrected chi connectivity index (χ1v) is 12.7. The van der Waals surface area contributed by atoms with E-state index in [9.17, 15) is 14.0 Å². The second kappa shape index (κ2) is 12.0. The lowest BCUT2D eigenvalue weighted by Gasteiger charge is -2.37. The van der Waals surface area contributed by atoms with Crippen LogP contribution in [0.4, 0.5) is 4.39 Å². The molecule has 0 aromatic heterocycles. The summed E-state index contributed by atoms with van der Waals surface area (Å²) in [5.41, 5.74) is 2.91. The van der Waals surface area contributed by atoms with Crippen LogP contribution in [0.5, 0.6) is 11.5 Å². The SMILES string of the molecule is C=CCOC(=O)C1=C(C)N=C2SC=C(CC(=O)NCc3ccc(F)cc3)N2[C@@H]1c1cccc(OC)c1OC. The third-order valence-corrected chi connectivity index (χ3v) is 6.91. The highest BCUT2D eigenvalue weighted by atomic mass is 32.2. The Morgan fingerprint density at radius 2 is 1.95 bits per heavy atom. The molecule has 2 aliphatic rings. The van der Waals surface area contributed by atoms with Crippen molar-refractivity contribution in [3.63, 3.8) is 0 Å². The topological polar surface area (TPSA) is 89.5 Å². The smallest absolute Gasteiger partial charge is 0.338 e. The summed E-state index contributed by atoms with van der Waals surface area (Å²) in [4.78, 5) is 32.7. The zero-order valence-electron chi connectivity index (χ0n) is 21.3. The first kappa shape index (κ1) is 27.0. The summed E-state index contributed by atoms with van der Waals surface area (Å²) in [7, 11) is 3.07. The van der Waals surface area contributed by atoms with Crippen molar-refractivity contribution in [3.8, 4) is 11.5 Å². The number of carbonyl (C=O) groups is 2. The second-order valence-corrected chi connectivity index (χ2v) is 9.28. The lowest BCUT2D eigenvalue weighted by molar-refractivity contribution is -0.138. The molecule has 0 radical (unpaired) electrons. The van der Waals surface area contributed by atoms with Gasteiger partial charge < -0.3 is 24.4 Å². The molecule has 38 heavy (non-hydrogen) atoms. The second-order valence-electron chi connectivity index (χ2n) is 8.44. The largest absolute Gasteiger partial charge is 0.493 e. The van der Waals surface area contributed by atoms with E-state index in [1.54, 1.807) is 25.1 Å². The predicted molar refractivity (Wildman–Crippen MR) is 144 cm³/mol. The van der Waals surface area contributed by atoms with Crippen LogP contribution in [0.2, 0.25) is 0 Å². The molecule has 0 unspecified atom stereocenters. The van der Waals surface area contributed by atoms with Crippen LogP contribution >= 0.6 is 11.8 Å². The van der Waals surface area contributed by atoms with E-state index >= 15 is 0 Å². The molecule has 1 atom stereocenters. The Bertz CT molecular complexity index is 1340. The van der Waals surface area contributed by atoms with Gasteiger partial charge in [0.25, 0.3) is 0 Å². The van der Waals surface area contributed by atoms with E-state index < -0.39 is 12.0 Å². The fourth-order valence-electron chi connectivity index (χ4n) is 4.29. The third-order valence-electron chi connectivity index (χ3n) is 6.03. The molecular formula is C28H28FN3O5S. The van der Waals surface area contributed by atoms with Gasteiger partial charge in [0.1, 0.15) is 12.4 Å². The molecule has 4 rings (SSSR count). The normalized spacial score (nSPS) is 16.3. The van der Waals surface area contributed by atoms with Gasteiger partial charge in [0.05, 0.1) is 38.0 Å². The Labute approximate surface area is 224 Å². The van der Waals surface area contributed by atoms with Crippen LogP contribution in [-0.4, -0.2) is 42.8 Å². The van der Waals surface area contributed by atoms with Gasteiger partial charge in [0.15, 0.2) is 16.7 Å². The molecule has 0 fully saturated rings. The Hall–Kier alpha value is -4.05. The van der Waals surface area contributed by atoms with Crippen LogP contribution in [0, 0.1) is 5.82 Å². The standard InChI is InChI=1S/C28H28FN3O5S/c1-5-13-37-27(34)24-17(2)31-28-32(25(24)21-7-6-8-22(35-3)26(21)36-4)20(16-38-28)14-23(33)30-15-18-9-11-19(29)12-10-18/h5-12,16,25H,1,13-15H2,2-4H3,(H,30,33)/t25-/m1/s1. The number of esters is 1. The Balaban J connectivity index is 1.67. The molecule has 0 saturated heterocycles. The van der Waals surface area contributed by atoms with Gasteiger partial charge in [-0.2, -0.15) is 0 Å². The maximum Gasteiger partial charge on any atom is 0.338 e. The Kier molecular flexibility index (Phi) is 8.52. The minimum Gasteiger partial charge on any atom is -0.493 e. The maximum absolute atomic E-state index is 13.3. The van der Waals surface area contributed by atoms with Crippen LogP contribution in [0.1, 0.15) is 30.5 Å². The van der Waals surface area contributed by atoms with Crippen molar-refractivity contribution >= 4 is 28.8 Å². The number of carbonyl (C=O) groups excluding carboxylic acids is 2. The minimum absolute atomic E-state index is 0.0318. The number of ether oxygens (including phenoxy) is 3.